The summed E-state index contributed by atoms with van der Waals surface area (Å²) < 4.78 is 14.5. The number of halogens is 3. The van der Waals surface area contributed by atoms with Crippen molar-refractivity contribution in [3.63, 3.8) is 0 Å². The molecule has 1 aromatic heterocycles. The lowest BCUT2D eigenvalue weighted by Gasteiger charge is -2.34. The van der Waals surface area contributed by atoms with Crippen molar-refractivity contribution < 1.29 is 4.39 Å². The van der Waals surface area contributed by atoms with Crippen LogP contribution in [-0.2, 0) is 6.54 Å². The number of fused-ring (bicyclic) bond motifs is 1. The van der Waals surface area contributed by atoms with Crippen molar-refractivity contribution >= 4 is 40.9 Å². The van der Waals surface area contributed by atoms with Crippen molar-refractivity contribution in [2.45, 2.75) is 18.2 Å². The minimum absolute atomic E-state index is 0.209. The van der Waals surface area contributed by atoms with Gasteiger partial charge in [0.05, 0.1) is 18.4 Å². The number of benzene rings is 1. The fourth-order valence-corrected chi connectivity index (χ4v) is 3.93. The highest BCUT2D eigenvalue weighted by atomic mass is 35.5. The van der Waals surface area contributed by atoms with Crippen molar-refractivity contribution in [3.05, 3.63) is 58.3 Å². The minimum Gasteiger partial charge on any atom is -0.365 e. The number of hydrogen-bond acceptors (Lipinski definition) is 5. The third kappa shape index (κ3) is 3.52. The molecule has 9 heteroatoms. The van der Waals surface area contributed by atoms with Gasteiger partial charge in [-0.15, -0.1) is 0 Å². The third-order valence-electron chi connectivity index (χ3n) is 4.93. The van der Waals surface area contributed by atoms with E-state index in [1.807, 2.05) is 44.6 Å². The van der Waals surface area contributed by atoms with E-state index < -0.39 is 5.83 Å². The smallest absolute Gasteiger partial charge is 0.181 e. The molecule has 0 bridgehead atoms. The van der Waals surface area contributed by atoms with Gasteiger partial charge in [0.2, 0.25) is 0 Å². The van der Waals surface area contributed by atoms with Gasteiger partial charge in [-0.2, -0.15) is 0 Å². The minimum atomic E-state index is -0.405. The Hall–Kier alpha value is -2.38. The van der Waals surface area contributed by atoms with Gasteiger partial charge in [-0.3, -0.25) is 4.99 Å². The van der Waals surface area contributed by atoms with Crippen LogP contribution >= 0.6 is 23.2 Å². The first kappa shape index (κ1) is 19.0. The van der Waals surface area contributed by atoms with Gasteiger partial charge >= 0.3 is 0 Å². The number of aliphatic imine (C=N–C) groups is 1. The third-order valence-corrected chi connectivity index (χ3v) is 5.43. The van der Waals surface area contributed by atoms with Crippen molar-refractivity contribution in [1.82, 2.24) is 15.2 Å². The molecule has 4 rings (SSSR count). The molecular weight excluding hydrogens is 402 g/mol. The Morgan fingerprint density at radius 1 is 1.29 bits per heavy atom. The van der Waals surface area contributed by atoms with E-state index in [0.717, 1.165) is 22.6 Å². The van der Waals surface area contributed by atoms with E-state index in [0.29, 0.717) is 23.9 Å². The average Bonchev–Trinajstić information content (AvgIpc) is 3.07. The molecule has 0 radical (unpaired) electrons. The molecule has 2 aromatic rings. The SMILES string of the molecule is CN1CC(Cl)Nc2c(C3N=CC(F)=C(NCc4ccc(Cl)cc4)N3C)c[nH]c21. The molecule has 6 nitrogen and oxygen atoms in total. The normalized spacial score (nSPS) is 21.6. The number of likely N-dealkylation sites (N-methyl/N-ethyl adjacent to an activating group) is 1. The lowest BCUT2D eigenvalue weighted by Crippen LogP contribution is -2.37. The van der Waals surface area contributed by atoms with Gasteiger partial charge in [-0.05, 0) is 17.7 Å². The molecule has 3 heterocycles. The summed E-state index contributed by atoms with van der Waals surface area (Å²) in [6.07, 6.45) is 2.77. The number of aromatic amines is 1. The zero-order valence-corrected chi connectivity index (χ0v) is 17.0. The summed E-state index contributed by atoms with van der Waals surface area (Å²) in [6.45, 7) is 1.15. The highest BCUT2D eigenvalue weighted by Gasteiger charge is 2.32. The van der Waals surface area contributed by atoms with E-state index in [1.165, 1.54) is 6.21 Å². The van der Waals surface area contributed by atoms with Crippen LogP contribution in [0.15, 0.2) is 47.1 Å². The number of anilines is 2. The van der Waals surface area contributed by atoms with Crippen LogP contribution in [0, 0.1) is 0 Å². The fourth-order valence-electron chi connectivity index (χ4n) is 3.49. The number of nitrogens with zero attached hydrogens (tertiary/aromatic N) is 3. The fraction of sp³-hybridized carbons (Fsp3) is 0.316. The number of nitrogens with one attached hydrogen (secondary N) is 3. The van der Waals surface area contributed by atoms with Gasteiger partial charge in [0.25, 0.3) is 0 Å². The maximum absolute atomic E-state index is 14.5. The second-order valence-electron chi connectivity index (χ2n) is 6.90. The molecule has 0 amide bonds. The lowest BCUT2D eigenvalue weighted by molar-refractivity contribution is 0.279. The lowest BCUT2D eigenvalue weighted by atomic mass is 10.1. The van der Waals surface area contributed by atoms with Crippen LogP contribution in [0.25, 0.3) is 0 Å². The van der Waals surface area contributed by atoms with Crippen LogP contribution in [0.3, 0.4) is 0 Å². The molecule has 0 fully saturated rings. The first-order chi connectivity index (χ1) is 13.4. The average molecular weight is 423 g/mol. The Balaban J connectivity index is 1.55. The number of alkyl halides is 1. The molecule has 28 heavy (non-hydrogen) atoms. The molecular formula is C19H21Cl2FN6. The molecule has 2 aliphatic rings. The largest absolute Gasteiger partial charge is 0.365 e. The summed E-state index contributed by atoms with van der Waals surface area (Å²) in [5.41, 5.74) is 2.59. The van der Waals surface area contributed by atoms with Gasteiger partial charge < -0.3 is 25.4 Å². The molecule has 2 aliphatic heterocycles. The van der Waals surface area contributed by atoms with E-state index >= 15 is 0 Å². The zero-order valence-electron chi connectivity index (χ0n) is 15.5. The summed E-state index contributed by atoms with van der Waals surface area (Å²) in [6, 6.07) is 7.44. The maximum atomic E-state index is 14.5. The van der Waals surface area contributed by atoms with Crippen LogP contribution in [0.1, 0.15) is 17.3 Å². The summed E-state index contributed by atoms with van der Waals surface area (Å²) in [5, 5.41) is 7.14. The Bertz CT molecular complexity index is 923. The molecule has 1 aromatic carbocycles. The number of H-pyrrole nitrogens is 1. The molecule has 0 saturated carbocycles. The van der Waals surface area contributed by atoms with Crippen LogP contribution in [-0.4, -0.2) is 42.2 Å². The Labute approximate surface area is 173 Å². The molecule has 0 aliphatic carbocycles. The quantitative estimate of drug-likeness (QED) is 0.513. The molecule has 0 spiro atoms. The molecule has 148 valence electrons. The standard InChI is InChI=1S/C19H21Cl2FN6/c1-27-10-15(21)26-16-13(8-24-19(16)27)17-25-9-14(22)18(28(17)2)23-7-11-3-5-12(20)6-4-11/h3-6,8-9,15,17,23-24,26H,7,10H2,1-2H3. The maximum Gasteiger partial charge on any atom is 0.181 e. The van der Waals surface area contributed by atoms with Crippen molar-refractivity contribution in [2.24, 2.45) is 4.99 Å². The number of allylic oxidation sites excluding steroid dienone is 1. The summed E-state index contributed by atoms with van der Waals surface area (Å²) >= 11 is 12.2. The van der Waals surface area contributed by atoms with Crippen molar-refractivity contribution in [3.8, 4) is 0 Å². The van der Waals surface area contributed by atoms with E-state index in [-0.39, 0.29) is 11.7 Å². The second-order valence-corrected chi connectivity index (χ2v) is 7.86. The molecule has 0 saturated heterocycles. The van der Waals surface area contributed by atoms with Crippen LogP contribution < -0.4 is 15.5 Å². The Kier molecular flexibility index (Phi) is 5.12. The van der Waals surface area contributed by atoms with Crippen LogP contribution in [0.5, 0.6) is 0 Å². The van der Waals surface area contributed by atoms with Crippen LogP contribution in [0.4, 0.5) is 15.9 Å². The van der Waals surface area contributed by atoms with E-state index in [4.69, 9.17) is 23.2 Å². The van der Waals surface area contributed by atoms with Gasteiger partial charge in [0.15, 0.2) is 12.0 Å². The zero-order chi connectivity index (χ0) is 19.8. The van der Waals surface area contributed by atoms with Gasteiger partial charge in [0.1, 0.15) is 17.1 Å². The van der Waals surface area contributed by atoms with E-state index in [9.17, 15) is 4.39 Å². The number of hydrogen-bond donors (Lipinski definition) is 3. The highest BCUT2D eigenvalue weighted by Crippen LogP contribution is 2.40. The van der Waals surface area contributed by atoms with Crippen LogP contribution in [0.2, 0.25) is 5.02 Å². The van der Waals surface area contributed by atoms with E-state index in [1.54, 1.807) is 4.90 Å². The van der Waals surface area contributed by atoms with E-state index in [2.05, 4.69) is 25.5 Å². The Morgan fingerprint density at radius 3 is 2.79 bits per heavy atom. The predicted octanol–water partition coefficient (Wildman–Crippen LogP) is 4.04. The first-order valence-corrected chi connectivity index (χ1v) is 9.72. The summed E-state index contributed by atoms with van der Waals surface area (Å²) in [7, 11) is 3.79. The molecule has 2 unspecified atom stereocenters. The monoisotopic (exact) mass is 422 g/mol. The second kappa shape index (κ2) is 7.56. The van der Waals surface area contributed by atoms with Gasteiger partial charge in [-0.25, -0.2) is 4.39 Å². The first-order valence-electron chi connectivity index (χ1n) is 8.91. The topological polar surface area (TPSA) is 58.7 Å². The van der Waals surface area contributed by atoms with Gasteiger partial charge in [-0.1, -0.05) is 35.3 Å². The predicted molar refractivity (Wildman–Crippen MR) is 113 cm³/mol. The number of aromatic nitrogens is 1. The van der Waals surface area contributed by atoms with Crippen molar-refractivity contribution in [1.29, 1.82) is 0 Å². The van der Waals surface area contributed by atoms with Gasteiger partial charge in [0, 0.05) is 37.4 Å². The Morgan fingerprint density at radius 2 is 2.04 bits per heavy atom. The highest BCUT2D eigenvalue weighted by molar-refractivity contribution is 6.30. The summed E-state index contributed by atoms with van der Waals surface area (Å²) in [4.78, 5) is 11.5. The van der Waals surface area contributed by atoms with Crippen molar-refractivity contribution in [2.75, 3.05) is 30.9 Å². The number of rotatable bonds is 4. The molecule has 2 atom stereocenters. The molecule has 3 N–H and O–H groups in total. The summed E-state index contributed by atoms with van der Waals surface area (Å²) in [5.74, 6) is 0.926.